The van der Waals surface area contributed by atoms with Crippen LogP contribution in [0.5, 0.6) is 0 Å². The Morgan fingerprint density at radius 2 is 0.909 bits per heavy atom. The standard InChI is InChI=1S/C32H28O/c1-31(27-16-6-2-12-23(27)24-13-3-7-17-28(24)31)20-10-11-21-32(22-33)29-18-8-4-14-25(29)26-15-5-9-19-30(26)32/h2-9,12-19,22H,10-11,20-21H2,1H3. The van der Waals surface area contributed by atoms with E-state index in [1.807, 2.05) is 0 Å². The van der Waals surface area contributed by atoms with E-state index in [-0.39, 0.29) is 5.41 Å². The van der Waals surface area contributed by atoms with Crippen molar-refractivity contribution in [1.82, 2.24) is 0 Å². The van der Waals surface area contributed by atoms with E-state index in [0.29, 0.717) is 0 Å². The van der Waals surface area contributed by atoms with Crippen molar-refractivity contribution in [3.63, 3.8) is 0 Å². The average molecular weight is 429 g/mol. The molecule has 33 heavy (non-hydrogen) atoms. The van der Waals surface area contributed by atoms with Gasteiger partial charge in [-0.05, 0) is 57.3 Å². The minimum Gasteiger partial charge on any atom is -0.302 e. The summed E-state index contributed by atoms with van der Waals surface area (Å²) in [7, 11) is 0. The SMILES string of the molecule is CC1(CCCCC2(C=O)c3ccccc3-c3ccccc32)c2ccccc2-c2ccccc21. The second-order valence-electron chi connectivity index (χ2n) is 9.81. The highest BCUT2D eigenvalue weighted by molar-refractivity contribution is 5.91. The molecular formula is C32H28O. The van der Waals surface area contributed by atoms with Gasteiger partial charge in [-0.1, -0.05) is 117 Å². The van der Waals surface area contributed by atoms with Gasteiger partial charge in [0.05, 0.1) is 5.41 Å². The maximum Gasteiger partial charge on any atom is 0.134 e. The third-order valence-corrected chi connectivity index (χ3v) is 8.14. The van der Waals surface area contributed by atoms with Gasteiger partial charge in [-0.3, -0.25) is 0 Å². The first kappa shape index (κ1) is 20.2. The summed E-state index contributed by atoms with van der Waals surface area (Å²) in [6, 6.07) is 34.6. The second-order valence-corrected chi connectivity index (χ2v) is 9.81. The zero-order valence-corrected chi connectivity index (χ0v) is 19.1. The smallest absolute Gasteiger partial charge is 0.134 e. The summed E-state index contributed by atoms with van der Waals surface area (Å²) in [5.74, 6) is 0. The van der Waals surface area contributed by atoms with Crippen molar-refractivity contribution in [1.29, 1.82) is 0 Å². The number of unbranched alkanes of at least 4 members (excludes halogenated alkanes) is 1. The van der Waals surface area contributed by atoms with Crippen molar-refractivity contribution in [2.45, 2.75) is 43.4 Å². The molecule has 4 aromatic rings. The molecule has 0 radical (unpaired) electrons. The lowest BCUT2D eigenvalue weighted by atomic mass is 9.73. The summed E-state index contributed by atoms with van der Waals surface area (Å²) >= 11 is 0. The predicted molar refractivity (Wildman–Crippen MR) is 136 cm³/mol. The highest BCUT2D eigenvalue weighted by Gasteiger charge is 2.43. The first-order valence-electron chi connectivity index (χ1n) is 12.0. The Hall–Kier alpha value is -3.45. The molecular weight excluding hydrogens is 400 g/mol. The highest BCUT2D eigenvalue weighted by Crippen LogP contribution is 2.53. The summed E-state index contributed by atoms with van der Waals surface area (Å²) in [4.78, 5) is 12.7. The predicted octanol–water partition coefficient (Wildman–Crippen LogP) is 7.70. The Bertz CT molecular complexity index is 1270. The van der Waals surface area contributed by atoms with Gasteiger partial charge in [-0.15, -0.1) is 0 Å². The van der Waals surface area contributed by atoms with E-state index in [1.165, 1.54) is 50.8 Å². The Morgan fingerprint density at radius 3 is 1.36 bits per heavy atom. The van der Waals surface area contributed by atoms with E-state index in [0.717, 1.165) is 25.7 Å². The third kappa shape index (κ3) is 2.82. The van der Waals surface area contributed by atoms with E-state index >= 15 is 0 Å². The molecule has 4 aromatic carbocycles. The van der Waals surface area contributed by atoms with Gasteiger partial charge in [0.1, 0.15) is 6.29 Å². The highest BCUT2D eigenvalue weighted by atomic mass is 16.1. The van der Waals surface area contributed by atoms with E-state index in [1.54, 1.807) is 0 Å². The molecule has 0 saturated heterocycles. The lowest BCUT2D eigenvalue weighted by Crippen LogP contribution is -2.27. The monoisotopic (exact) mass is 428 g/mol. The third-order valence-electron chi connectivity index (χ3n) is 8.14. The zero-order valence-electron chi connectivity index (χ0n) is 19.1. The van der Waals surface area contributed by atoms with Crippen LogP contribution in [-0.2, 0) is 15.6 Å². The Labute approximate surface area is 196 Å². The summed E-state index contributed by atoms with van der Waals surface area (Å²) in [5.41, 5.74) is 9.88. The van der Waals surface area contributed by atoms with Crippen LogP contribution in [0.4, 0.5) is 0 Å². The van der Waals surface area contributed by atoms with Gasteiger partial charge in [0.15, 0.2) is 0 Å². The largest absolute Gasteiger partial charge is 0.302 e. The van der Waals surface area contributed by atoms with Crippen molar-refractivity contribution >= 4 is 6.29 Å². The van der Waals surface area contributed by atoms with Gasteiger partial charge in [0.2, 0.25) is 0 Å². The number of benzene rings is 4. The topological polar surface area (TPSA) is 17.1 Å². The minimum atomic E-state index is -0.528. The van der Waals surface area contributed by atoms with E-state index in [9.17, 15) is 4.79 Å². The van der Waals surface area contributed by atoms with Crippen LogP contribution >= 0.6 is 0 Å². The molecule has 0 saturated carbocycles. The lowest BCUT2D eigenvalue weighted by molar-refractivity contribution is -0.111. The van der Waals surface area contributed by atoms with Crippen molar-refractivity contribution in [2.24, 2.45) is 0 Å². The number of aldehydes is 1. The van der Waals surface area contributed by atoms with Crippen LogP contribution in [-0.4, -0.2) is 6.29 Å². The van der Waals surface area contributed by atoms with Crippen LogP contribution in [0.15, 0.2) is 97.1 Å². The number of hydrogen-bond acceptors (Lipinski definition) is 1. The Morgan fingerprint density at radius 1 is 0.545 bits per heavy atom. The van der Waals surface area contributed by atoms with Gasteiger partial charge < -0.3 is 4.79 Å². The fourth-order valence-corrected chi connectivity index (χ4v) is 6.51. The first-order valence-corrected chi connectivity index (χ1v) is 12.0. The average Bonchev–Trinajstić information content (AvgIpc) is 3.30. The number of hydrogen-bond donors (Lipinski definition) is 0. The minimum absolute atomic E-state index is 0.0209. The lowest BCUT2D eigenvalue weighted by Gasteiger charge is -2.29. The van der Waals surface area contributed by atoms with E-state index in [4.69, 9.17) is 0 Å². The van der Waals surface area contributed by atoms with Crippen LogP contribution in [0.25, 0.3) is 22.3 Å². The summed E-state index contributed by atoms with van der Waals surface area (Å²) < 4.78 is 0. The molecule has 1 nitrogen and oxygen atoms in total. The molecule has 0 amide bonds. The summed E-state index contributed by atoms with van der Waals surface area (Å²) in [6.45, 7) is 2.40. The van der Waals surface area contributed by atoms with Crippen molar-refractivity contribution < 1.29 is 4.79 Å². The molecule has 0 aromatic heterocycles. The van der Waals surface area contributed by atoms with E-state index < -0.39 is 5.41 Å². The molecule has 6 rings (SSSR count). The molecule has 0 unspecified atom stereocenters. The number of fused-ring (bicyclic) bond motifs is 6. The van der Waals surface area contributed by atoms with E-state index in [2.05, 4.69) is 104 Å². The quantitative estimate of drug-likeness (QED) is 0.227. The molecule has 2 aliphatic carbocycles. The molecule has 0 aliphatic heterocycles. The zero-order chi connectivity index (χ0) is 22.5. The summed E-state index contributed by atoms with van der Waals surface area (Å²) in [6.07, 6.45) is 5.24. The Kier molecular flexibility index (Phi) is 4.62. The molecule has 0 bridgehead atoms. The van der Waals surface area contributed by atoms with Gasteiger partial charge >= 0.3 is 0 Å². The Balaban J connectivity index is 1.28. The molecule has 162 valence electrons. The van der Waals surface area contributed by atoms with Gasteiger partial charge in [0.25, 0.3) is 0 Å². The molecule has 0 heterocycles. The fourth-order valence-electron chi connectivity index (χ4n) is 6.51. The molecule has 0 spiro atoms. The molecule has 0 N–H and O–H groups in total. The van der Waals surface area contributed by atoms with Crippen LogP contribution in [0, 0.1) is 0 Å². The normalized spacial score (nSPS) is 15.9. The number of carbonyl (C=O) groups is 1. The second kappa shape index (κ2) is 7.56. The van der Waals surface area contributed by atoms with Gasteiger partial charge in [0, 0.05) is 5.41 Å². The number of rotatable bonds is 6. The van der Waals surface area contributed by atoms with Crippen molar-refractivity contribution in [3.8, 4) is 22.3 Å². The maximum atomic E-state index is 12.7. The number of carbonyl (C=O) groups excluding carboxylic acids is 1. The van der Waals surface area contributed by atoms with Gasteiger partial charge in [-0.2, -0.15) is 0 Å². The van der Waals surface area contributed by atoms with Crippen LogP contribution in [0.1, 0.15) is 54.9 Å². The van der Waals surface area contributed by atoms with Crippen molar-refractivity contribution in [2.75, 3.05) is 0 Å². The molecule has 1 heteroatoms. The van der Waals surface area contributed by atoms with Gasteiger partial charge in [-0.25, -0.2) is 0 Å². The molecule has 2 aliphatic rings. The molecule has 0 atom stereocenters. The van der Waals surface area contributed by atoms with Crippen LogP contribution in [0.2, 0.25) is 0 Å². The van der Waals surface area contributed by atoms with Crippen LogP contribution in [0.3, 0.4) is 0 Å². The fraction of sp³-hybridized carbons (Fsp3) is 0.219. The maximum absolute atomic E-state index is 12.7. The first-order chi connectivity index (χ1) is 16.2. The van der Waals surface area contributed by atoms with Crippen molar-refractivity contribution in [3.05, 3.63) is 119 Å². The van der Waals surface area contributed by atoms with Crippen LogP contribution < -0.4 is 0 Å². The molecule has 0 fully saturated rings. The summed E-state index contributed by atoms with van der Waals surface area (Å²) in [5, 5.41) is 0.